The average Bonchev–Trinajstić information content (AvgIpc) is 3.73. The summed E-state index contributed by atoms with van der Waals surface area (Å²) in [6.07, 6.45) is 6.03. The van der Waals surface area contributed by atoms with Crippen LogP contribution in [0, 0.1) is 0 Å². The van der Waals surface area contributed by atoms with Crippen molar-refractivity contribution in [2.24, 2.45) is 4.99 Å². The summed E-state index contributed by atoms with van der Waals surface area (Å²) in [5, 5.41) is 3.95. The van der Waals surface area contributed by atoms with Crippen LogP contribution in [0.4, 0.5) is 0 Å². The number of aromatic nitrogens is 2. The number of halogens is 1. The van der Waals surface area contributed by atoms with Gasteiger partial charge in [0, 0.05) is 44.7 Å². The zero-order valence-corrected chi connectivity index (χ0v) is 24.3. The summed E-state index contributed by atoms with van der Waals surface area (Å²) in [6, 6.07) is 28.9. The lowest BCUT2D eigenvalue weighted by Gasteiger charge is -2.30. The average molecular weight is 590 g/mol. The van der Waals surface area contributed by atoms with E-state index in [2.05, 4.69) is 70.7 Å². The molecule has 1 atom stereocenters. The number of nitrogens with zero attached hydrogens (tertiary/aromatic N) is 3. The van der Waals surface area contributed by atoms with Gasteiger partial charge in [0.1, 0.15) is 0 Å². The molecule has 1 unspecified atom stereocenters. The van der Waals surface area contributed by atoms with Crippen LogP contribution in [0.25, 0.3) is 22.7 Å². The quantitative estimate of drug-likeness (QED) is 0.217. The van der Waals surface area contributed by atoms with Gasteiger partial charge in [-0.25, -0.2) is 4.99 Å². The fourth-order valence-electron chi connectivity index (χ4n) is 6.19. The molecule has 0 radical (unpaired) electrons. The molecule has 0 fully saturated rings. The Labute approximate surface area is 249 Å². The molecular weight excluding hydrogens is 566 g/mol. The van der Waals surface area contributed by atoms with Gasteiger partial charge in [0.2, 0.25) is 0 Å². The molecule has 4 heterocycles. The number of benzene rings is 3. The van der Waals surface area contributed by atoms with Crippen molar-refractivity contribution < 1.29 is 0 Å². The van der Waals surface area contributed by atoms with Gasteiger partial charge in [0.15, 0.2) is 4.80 Å². The van der Waals surface area contributed by atoms with Crippen LogP contribution >= 0.6 is 34.3 Å². The Hall–Kier alpha value is -3.97. The van der Waals surface area contributed by atoms with E-state index < -0.39 is 0 Å². The van der Waals surface area contributed by atoms with Gasteiger partial charge in [-0.1, -0.05) is 89.7 Å². The fourth-order valence-corrected chi connectivity index (χ4v) is 8.23. The summed E-state index contributed by atoms with van der Waals surface area (Å²) in [7, 11) is 0. The molecule has 41 heavy (non-hydrogen) atoms. The molecule has 0 bridgehead atoms. The fraction of sp³-hybridized carbons (Fsp3) is 0.118. The summed E-state index contributed by atoms with van der Waals surface area (Å²) >= 11 is 9.69. The van der Waals surface area contributed by atoms with E-state index >= 15 is 0 Å². The summed E-state index contributed by atoms with van der Waals surface area (Å²) in [5.41, 5.74) is 7.98. The first-order valence-corrected chi connectivity index (χ1v) is 15.7. The smallest absolute Gasteiger partial charge is 0.271 e. The van der Waals surface area contributed by atoms with Crippen LogP contribution in [0.3, 0.4) is 0 Å². The topological polar surface area (TPSA) is 39.3 Å². The zero-order chi connectivity index (χ0) is 27.5. The minimum atomic E-state index is -0.127. The number of aryl methyl sites for hydroxylation is 1. The minimum Gasteiger partial charge on any atom is -0.342 e. The lowest BCUT2D eigenvalue weighted by atomic mass is 9.85. The number of thiazole rings is 1. The van der Waals surface area contributed by atoms with E-state index in [1.54, 1.807) is 11.3 Å². The number of hydrogen-bond donors (Lipinski definition) is 0. The SMILES string of the molecule is O=c1/c(=C\c2cn(Cc3ccccc3Cl)c3ccccc23)sc2n1C(c1cccs1)C1=C(N=2)c2ccccc2CC1. The van der Waals surface area contributed by atoms with Crippen LogP contribution < -0.4 is 14.9 Å². The lowest BCUT2D eigenvalue weighted by molar-refractivity contribution is 0.593. The van der Waals surface area contributed by atoms with Crippen LogP contribution in [-0.4, -0.2) is 9.13 Å². The van der Waals surface area contributed by atoms with Crippen LogP contribution in [0.5, 0.6) is 0 Å². The molecule has 200 valence electrons. The molecule has 0 saturated carbocycles. The number of allylic oxidation sites excluding steroid dienone is 1. The zero-order valence-electron chi connectivity index (χ0n) is 22.0. The monoisotopic (exact) mass is 589 g/mol. The summed E-state index contributed by atoms with van der Waals surface area (Å²) in [6.45, 7) is 0.653. The number of thiophene rings is 1. The maximum atomic E-state index is 14.2. The molecule has 0 amide bonds. The molecule has 8 rings (SSSR count). The summed E-state index contributed by atoms with van der Waals surface area (Å²) in [4.78, 5) is 21.2. The second-order valence-electron chi connectivity index (χ2n) is 10.5. The van der Waals surface area contributed by atoms with Crippen molar-refractivity contribution in [1.29, 1.82) is 0 Å². The second-order valence-corrected chi connectivity index (χ2v) is 12.8. The molecule has 1 aliphatic heterocycles. The molecule has 3 aromatic carbocycles. The highest BCUT2D eigenvalue weighted by Crippen LogP contribution is 2.42. The number of hydrogen-bond acceptors (Lipinski definition) is 4. The van der Waals surface area contributed by atoms with Gasteiger partial charge >= 0.3 is 0 Å². The van der Waals surface area contributed by atoms with Crippen LogP contribution in [0.2, 0.25) is 5.02 Å². The summed E-state index contributed by atoms with van der Waals surface area (Å²) in [5.74, 6) is 0. The van der Waals surface area contributed by atoms with Gasteiger partial charge in [-0.15, -0.1) is 11.3 Å². The van der Waals surface area contributed by atoms with E-state index in [4.69, 9.17) is 16.6 Å². The normalized spacial score (nSPS) is 16.4. The number of para-hydroxylation sites is 1. The third-order valence-electron chi connectivity index (χ3n) is 8.09. The first-order valence-electron chi connectivity index (χ1n) is 13.6. The van der Waals surface area contributed by atoms with E-state index in [-0.39, 0.29) is 11.6 Å². The molecule has 0 saturated heterocycles. The highest BCUT2D eigenvalue weighted by atomic mass is 35.5. The van der Waals surface area contributed by atoms with Gasteiger partial charge in [0.25, 0.3) is 5.56 Å². The first-order chi connectivity index (χ1) is 20.2. The van der Waals surface area contributed by atoms with Crippen molar-refractivity contribution in [3.63, 3.8) is 0 Å². The third kappa shape index (κ3) is 4.09. The van der Waals surface area contributed by atoms with Gasteiger partial charge in [-0.05, 0) is 59.2 Å². The van der Waals surface area contributed by atoms with E-state index in [0.717, 1.165) is 50.4 Å². The molecule has 2 aliphatic rings. The Morgan fingerprint density at radius 1 is 0.951 bits per heavy atom. The Morgan fingerprint density at radius 3 is 2.66 bits per heavy atom. The summed E-state index contributed by atoms with van der Waals surface area (Å²) < 4.78 is 4.83. The standard InChI is InChI=1S/C34H24ClN3OS2/c35-27-12-5-2-9-22(27)19-37-20-23(24-10-4-6-13-28(24)37)18-30-33(39)38-32(29-14-7-17-40-29)26-16-15-21-8-1-3-11-25(21)31(26)36-34(38)41-30/h1-14,17-18,20,32H,15-16,19H2/b30-18+. The predicted molar refractivity (Wildman–Crippen MR) is 170 cm³/mol. The van der Waals surface area contributed by atoms with Crippen molar-refractivity contribution in [3.05, 3.63) is 154 Å². The van der Waals surface area contributed by atoms with Crippen molar-refractivity contribution in [1.82, 2.24) is 9.13 Å². The largest absolute Gasteiger partial charge is 0.342 e. The van der Waals surface area contributed by atoms with Gasteiger partial charge in [-0.3, -0.25) is 9.36 Å². The Balaban J connectivity index is 1.32. The molecule has 1 aliphatic carbocycles. The van der Waals surface area contributed by atoms with Crippen molar-refractivity contribution in [3.8, 4) is 0 Å². The van der Waals surface area contributed by atoms with E-state index in [1.807, 2.05) is 41.0 Å². The van der Waals surface area contributed by atoms with Crippen LogP contribution in [0.1, 0.15) is 39.6 Å². The van der Waals surface area contributed by atoms with Crippen molar-refractivity contribution >= 4 is 57.0 Å². The van der Waals surface area contributed by atoms with E-state index in [0.29, 0.717) is 11.1 Å². The number of rotatable bonds is 4. The minimum absolute atomic E-state index is 0.0143. The molecule has 4 nitrogen and oxygen atoms in total. The second kappa shape index (κ2) is 9.84. The maximum Gasteiger partial charge on any atom is 0.271 e. The van der Waals surface area contributed by atoms with Crippen LogP contribution in [-0.2, 0) is 13.0 Å². The van der Waals surface area contributed by atoms with Gasteiger partial charge in [0.05, 0.1) is 16.3 Å². The van der Waals surface area contributed by atoms with Gasteiger partial charge < -0.3 is 4.57 Å². The Morgan fingerprint density at radius 2 is 1.78 bits per heavy atom. The molecule has 7 heteroatoms. The van der Waals surface area contributed by atoms with Crippen molar-refractivity contribution in [2.45, 2.75) is 25.4 Å². The predicted octanol–water partition coefficient (Wildman–Crippen LogP) is 7.04. The molecule has 0 spiro atoms. The Bertz CT molecular complexity index is 2180. The lowest BCUT2D eigenvalue weighted by Crippen LogP contribution is -2.38. The molecule has 0 N–H and O–H groups in total. The van der Waals surface area contributed by atoms with Crippen molar-refractivity contribution in [2.75, 3.05) is 0 Å². The first kappa shape index (κ1) is 24.8. The van der Waals surface area contributed by atoms with Crippen LogP contribution in [0.15, 0.2) is 112 Å². The maximum absolute atomic E-state index is 14.2. The molecular formula is C34H24ClN3OS2. The highest BCUT2D eigenvalue weighted by Gasteiger charge is 2.33. The van der Waals surface area contributed by atoms with E-state index in [1.165, 1.54) is 32.9 Å². The highest BCUT2D eigenvalue weighted by molar-refractivity contribution is 7.10. The Kier molecular flexibility index (Phi) is 5.95. The molecule has 6 aromatic rings. The van der Waals surface area contributed by atoms with E-state index in [9.17, 15) is 4.79 Å². The number of fused-ring (bicyclic) bond motifs is 4. The van der Waals surface area contributed by atoms with Gasteiger partial charge in [-0.2, -0.15) is 0 Å². The molecule has 3 aromatic heterocycles. The third-order valence-corrected chi connectivity index (χ3v) is 10.4.